The second-order valence-electron chi connectivity index (χ2n) is 6.19. The summed E-state index contributed by atoms with van der Waals surface area (Å²) in [5.74, 6) is -1.30. The molecule has 134 valence electrons. The van der Waals surface area contributed by atoms with Gasteiger partial charge in [-0.25, -0.2) is 4.39 Å². The van der Waals surface area contributed by atoms with E-state index in [9.17, 15) is 14.0 Å². The van der Waals surface area contributed by atoms with Crippen LogP contribution in [0.3, 0.4) is 0 Å². The first-order valence-electron chi connectivity index (χ1n) is 8.21. The standard InChI is InChI=1S/C20H14FN3O2S/c21-15-3-1-2-13(9-15)11-24-7-6-14-8-12(4-5-17(14)24)10-16-18(25)22-20(27)23-19(16)26/h1-10H,11H2,(H2,22,23,25,26,27). The Balaban J connectivity index is 1.64. The van der Waals surface area contributed by atoms with E-state index in [4.69, 9.17) is 12.2 Å². The third kappa shape index (κ3) is 3.50. The van der Waals surface area contributed by atoms with Gasteiger partial charge in [0.15, 0.2) is 5.11 Å². The summed E-state index contributed by atoms with van der Waals surface area (Å²) in [6, 6.07) is 14.0. The van der Waals surface area contributed by atoms with Crippen molar-refractivity contribution in [3.63, 3.8) is 0 Å². The lowest BCUT2D eigenvalue weighted by Crippen LogP contribution is -2.51. The Morgan fingerprint density at radius 3 is 2.56 bits per heavy atom. The van der Waals surface area contributed by atoms with Gasteiger partial charge >= 0.3 is 0 Å². The molecule has 0 aliphatic carbocycles. The molecule has 1 aromatic heterocycles. The van der Waals surface area contributed by atoms with Gasteiger partial charge < -0.3 is 4.57 Å². The Kier molecular flexibility index (Phi) is 4.29. The van der Waals surface area contributed by atoms with Crippen LogP contribution in [0.1, 0.15) is 11.1 Å². The van der Waals surface area contributed by atoms with Gasteiger partial charge in [0.25, 0.3) is 11.8 Å². The Hall–Kier alpha value is -3.32. The molecule has 0 radical (unpaired) electrons. The van der Waals surface area contributed by atoms with Crippen LogP contribution in [0, 0.1) is 5.82 Å². The third-order valence-electron chi connectivity index (χ3n) is 4.29. The van der Waals surface area contributed by atoms with Crippen molar-refractivity contribution in [2.75, 3.05) is 0 Å². The van der Waals surface area contributed by atoms with E-state index in [2.05, 4.69) is 10.6 Å². The minimum atomic E-state index is -0.521. The van der Waals surface area contributed by atoms with Crippen LogP contribution in [-0.2, 0) is 16.1 Å². The summed E-state index contributed by atoms with van der Waals surface area (Å²) in [6.45, 7) is 0.546. The maximum absolute atomic E-state index is 13.4. The smallest absolute Gasteiger partial charge is 0.263 e. The zero-order valence-corrected chi connectivity index (χ0v) is 14.8. The number of aromatic nitrogens is 1. The molecule has 5 nitrogen and oxygen atoms in total. The molecule has 2 N–H and O–H groups in total. The maximum Gasteiger partial charge on any atom is 0.263 e. The number of amides is 2. The molecule has 1 fully saturated rings. The molecule has 7 heteroatoms. The van der Waals surface area contributed by atoms with Gasteiger partial charge in [0.2, 0.25) is 0 Å². The Bertz CT molecular complexity index is 1110. The van der Waals surface area contributed by atoms with Crippen molar-refractivity contribution in [2.24, 2.45) is 0 Å². The van der Waals surface area contributed by atoms with Crippen LogP contribution < -0.4 is 10.6 Å². The number of carbonyl (C=O) groups is 2. The number of carbonyl (C=O) groups excluding carboxylic acids is 2. The van der Waals surface area contributed by atoms with E-state index in [0.29, 0.717) is 6.54 Å². The van der Waals surface area contributed by atoms with Crippen LogP contribution in [0.15, 0.2) is 60.3 Å². The highest BCUT2D eigenvalue weighted by atomic mass is 32.1. The second kappa shape index (κ2) is 6.77. The van der Waals surface area contributed by atoms with Crippen LogP contribution in [0.25, 0.3) is 17.0 Å². The van der Waals surface area contributed by atoms with Crippen LogP contribution >= 0.6 is 12.2 Å². The van der Waals surface area contributed by atoms with Gasteiger partial charge in [-0.3, -0.25) is 20.2 Å². The fourth-order valence-corrected chi connectivity index (χ4v) is 3.24. The maximum atomic E-state index is 13.4. The third-order valence-corrected chi connectivity index (χ3v) is 4.50. The number of nitrogens with zero attached hydrogens (tertiary/aromatic N) is 1. The molecule has 1 saturated heterocycles. The number of hydrogen-bond acceptors (Lipinski definition) is 3. The minimum absolute atomic E-state index is 0.00198. The van der Waals surface area contributed by atoms with E-state index in [1.54, 1.807) is 6.07 Å². The summed E-state index contributed by atoms with van der Waals surface area (Å²) in [5, 5.41) is 5.78. The summed E-state index contributed by atoms with van der Waals surface area (Å²) in [6.07, 6.45) is 3.45. The number of halogens is 1. The molecule has 0 bridgehead atoms. The molecule has 2 amide bonds. The molecule has 0 atom stereocenters. The molecule has 3 aromatic rings. The fraction of sp³-hybridized carbons (Fsp3) is 0.0500. The summed E-state index contributed by atoms with van der Waals surface area (Å²) >= 11 is 4.79. The van der Waals surface area contributed by atoms with Gasteiger partial charge in [0.05, 0.1) is 0 Å². The van der Waals surface area contributed by atoms with E-state index in [1.165, 1.54) is 18.2 Å². The number of rotatable bonds is 3. The number of nitrogens with one attached hydrogen (secondary N) is 2. The zero-order valence-electron chi connectivity index (χ0n) is 14.0. The highest BCUT2D eigenvalue weighted by Crippen LogP contribution is 2.21. The molecule has 0 saturated carbocycles. The Morgan fingerprint density at radius 1 is 1.04 bits per heavy atom. The number of hydrogen-bond donors (Lipinski definition) is 2. The molecule has 2 aromatic carbocycles. The molecule has 27 heavy (non-hydrogen) atoms. The van der Waals surface area contributed by atoms with Crippen LogP contribution in [0.5, 0.6) is 0 Å². The molecule has 2 heterocycles. The molecular formula is C20H14FN3O2S. The van der Waals surface area contributed by atoms with Crippen molar-refractivity contribution < 1.29 is 14.0 Å². The van der Waals surface area contributed by atoms with Crippen LogP contribution in [0.2, 0.25) is 0 Å². The van der Waals surface area contributed by atoms with Crippen molar-refractivity contribution >= 4 is 46.1 Å². The Morgan fingerprint density at radius 2 is 1.81 bits per heavy atom. The predicted octanol–water partition coefficient (Wildman–Crippen LogP) is 2.74. The topological polar surface area (TPSA) is 63.1 Å². The SMILES string of the molecule is O=C1NC(=S)NC(=O)C1=Cc1ccc2c(ccn2Cc2cccc(F)c2)c1. The van der Waals surface area contributed by atoms with Gasteiger partial charge in [-0.1, -0.05) is 18.2 Å². The monoisotopic (exact) mass is 379 g/mol. The van der Waals surface area contributed by atoms with Crippen molar-refractivity contribution in [3.8, 4) is 0 Å². The van der Waals surface area contributed by atoms with Gasteiger partial charge in [-0.15, -0.1) is 0 Å². The second-order valence-corrected chi connectivity index (χ2v) is 6.60. The summed E-state index contributed by atoms with van der Waals surface area (Å²) < 4.78 is 15.4. The first-order chi connectivity index (χ1) is 13.0. The number of fused-ring (bicyclic) bond motifs is 1. The van der Waals surface area contributed by atoms with Crippen molar-refractivity contribution in [1.82, 2.24) is 15.2 Å². The van der Waals surface area contributed by atoms with Crippen molar-refractivity contribution in [3.05, 3.63) is 77.2 Å². The molecule has 1 aliphatic heterocycles. The van der Waals surface area contributed by atoms with E-state index in [0.717, 1.165) is 22.0 Å². The van der Waals surface area contributed by atoms with Gasteiger partial charge in [0, 0.05) is 23.6 Å². The quantitative estimate of drug-likeness (QED) is 0.418. The first kappa shape index (κ1) is 17.1. The average Bonchev–Trinajstić information content (AvgIpc) is 3.00. The molecule has 0 unspecified atom stereocenters. The molecule has 0 spiro atoms. The van der Waals surface area contributed by atoms with Crippen LogP contribution in [-0.4, -0.2) is 21.5 Å². The van der Waals surface area contributed by atoms with Crippen LogP contribution in [0.4, 0.5) is 4.39 Å². The van der Waals surface area contributed by atoms with E-state index in [1.807, 2.05) is 41.1 Å². The number of thiocarbonyl (C=S) groups is 1. The number of benzene rings is 2. The first-order valence-corrected chi connectivity index (χ1v) is 8.62. The predicted molar refractivity (Wildman–Crippen MR) is 104 cm³/mol. The normalized spacial score (nSPS) is 14.3. The summed E-state index contributed by atoms with van der Waals surface area (Å²) in [4.78, 5) is 23.9. The van der Waals surface area contributed by atoms with Crippen molar-refractivity contribution in [2.45, 2.75) is 6.54 Å². The van der Waals surface area contributed by atoms with E-state index < -0.39 is 11.8 Å². The summed E-state index contributed by atoms with van der Waals surface area (Å²) in [5.41, 5.74) is 2.56. The van der Waals surface area contributed by atoms with Gasteiger partial charge in [0.1, 0.15) is 11.4 Å². The molecular weight excluding hydrogens is 365 g/mol. The van der Waals surface area contributed by atoms with Gasteiger partial charge in [-0.2, -0.15) is 0 Å². The lowest BCUT2D eigenvalue weighted by atomic mass is 10.1. The average molecular weight is 379 g/mol. The molecule has 4 rings (SSSR count). The summed E-state index contributed by atoms with van der Waals surface area (Å²) in [7, 11) is 0. The fourth-order valence-electron chi connectivity index (χ4n) is 3.05. The highest BCUT2D eigenvalue weighted by molar-refractivity contribution is 7.80. The lowest BCUT2D eigenvalue weighted by Gasteiger charge is -2.16. The lowest BCUT2D eigenvalue weighted by molar-refractivity contribution is -0.123. The van der Waals surface area contributed by atoms with Crippen molar-refractivity contribution in [1.29, 1.82) is 0 Å². The van der Waals surface area contributed by atoms with Gasteiger partial charge in [-0.05, 0) is 59.8 Å². The Labute approximate surface area is 159 Å². The largest absolute Gasteiger partial charge is 0.343 e. The molecule has 1 aliphatic rings. The highest BCUT2D eigenvalue weighted by Gasteiger charge is 2.25. The minimum Gasteiger partial charge on any atom is -0.343 e. The zero-order chi connectivity index (χ0) is 19.0. The van der Waals surface area contributed by atoms with E-state index in [-0.39, 0.29) is 16.5 Å². The van der Waals surface area contributed by atoms with E-state index >= 15 is 0 Å².